The maximum Gasteiger partial charge on any atom is 0.344 e. The Bertz CT molecular complexity index is 1170. The molecular formula is C22H22N6O3S2. The van der Waals surface area contributed by atoms with E-state index in [1.807, 2.05) is 52.4 Å². The van der Waals surface area contributed by atoms with Crippen LogP contribution in [0.4, 0.5) is 4.79 Å². The highest BCUT2D eigenvalue weighted by Gasteiger charge is 2.52. The predicted octanol–water partition coefficient (Wildman–Crippen LogP) is 3.37. The molecule has 170 valence electrons. The first-order valence-electron chi connectivity index (χ1n) is 10.7. The van der Waals surface area contributed by atoms with Crippen molar-refractivity contribution in [2.24, 2.45) is 0 Å². The molecule has 0 radical (unpaired) electrons. The maximum atomic E-state index is 12.9. The van der Waals surface area contributed by atoms with E-state index in [4.69, 9.17) is 0 Å². The number of imide groups is 1. The number of benzene rings is 1. The van der Waals surface area contributed by atoms with Crippen molar-refractivity contribution in [2.75, 3.05) is 5.75 Å². The number of hydrogen-bond acceptors (Lipinski definition) is 7. The number of carbonyl (C=O) groups excluding carboxylic acids is 3. The zero-order valence-corrected chi connectivity index (χ0v) is 19.3. The average molecular weight is 483 g/mol. The van der Waals surface area contributed by atoms with Gasteiger partial charge in [0.2, 0.25) is 5.91 Å². The summed E-state index contributed by atoms with van der Waals surface area (Å²) in [6.07, 6.45) is 4.01. The number of nitrogens with one attached hydrogen (secondary N) is 2. The molecule has 2 N–H and O–H groups in total. The molecule has 1 spiro atoms. The number of para-hydroxylation sites is 1. The van der Waals surface area contributed by atoms with Crippen LogP contribution < -0.4 is 10.7 Å². The number of thiophene rings is 1. The molecule has 2 aliphatic rings. The highest BCUT2D eigenvalue weighted by atomic mass is 32.2. The Labute approximate surface area is 198 Å². The molecule has 3 heterocycles. The van der Waals surface area contributed by atoms with Crippen molar-refractivity contribution < 1.29 is 14.4 Å². The summed E-state index contributed by atoms with van der Waals surface area (Å²) in [6, 6.07) is 13.0. The van der Waals surface area contributed by atoms with E-state index in [1.54, 1.807) is 11.3 Å². The van der Waals surface area contributed by atoms with Gasteiger partial charge in [-0.15, -0.1) is 21.5 Å². The summed E-state index contributed by atoms with van der Waals surface area (Å²) in [5.41, 5.74) is 2.47. The van der Waals surface area contributed by atoms with Crippen molar-refractivity contribution in [3.05, 3.63) is 47.8 Å². The number of rotatable bonds is 6. The van der Waals surface area contributed by atoms with Crippen LogP contribution in [0.2, 0.25) is 0 Å². The van der Waals surface area contributed by atoms with Crippen molar-refractivity contribution in [3.8, 4) is 16.4 Å². The van der Waals surface area contributed by atoms with Crippen LogP contribution in [0.3, 0.4) is 0 Å². The first-order chi connectivity index (χ1) is 16.1. The lowest BCUT2D eigenvalue weighted by Gasteiger charge is -2.30. The summed E-state index contributed by atoms with van der Waals surface area (Å²) in [6.45, 7) is 0. The molecule has 0 atom stereocenters. The molecule has 9 nitrogen and oxygen atoms in total. The summed E-state index contributed by atoms with van der Waals surface area (Å²) in [5, 5.41) is 14.8. The molecule has 1 aromatic carbocycles. The molecule has 11 heteroatoms. The molecule has 2 fully saturated rings. The third-order valence-electron chi connectivity index (χ3n) is 5.83. The third kappa shape index (κ3) is 4.13. The Morgan fingerprint density at radius 3 is 2.61 bits per heavy atom. The molecule has 1 saturated carbocycles. The van der Waals surface area contributed by atoms with Gasteiger partial charge in [0.15, 0.2) is 11.0 Å². The molecule has 2 aromatic heterocycles. The Hall–Kier alpha value is -3.18. The van der Waals surface area contributed by atoms with Gasteiger partial charge in [0, 0.05) is 5.69 Å². The van der Waals surface area contributed by atoms with Crippen LogP contribution in [0.5, 0.6) is 0 Å². The van der Waals surface area contributed by atoms with Crippen LogP contribution in [-0.2, 0) is 9.59 Å². The number of amides is 4. The van der Waals surface area contributed by atoms with E-state index in [0.29, 0.717) is 23.8 Å². The first kappa shape index (κ1) is 21.7. The summed E-state index contributed by atoms with van der Waals surface area (Å²) in [5.74, 6) is -0.179. The van der Waals surface area contributed by atoms with Gasteiger partial charge in [0.1, 0.15) is 5.54 Å². The minimum Gasteiger partial charge on any atom is -0.322 e. The van der Waals surface area contributed by atoms with Gasteiger partial charge in [-0.3, -0.25) is 19.6 Å². The van der Waals surface area contributed by atoms with Crippen molar-refractivity contribution in [1.82, 2.24) is 30.5 Å². The first-order valence-corrected chi connectivity index (χ1v) is 12.6. The molecule has 1 aliphatic carbocycles. The number of hydrogen-bond donors (Lipinski definition) is 2. The number of carbonyl (C=O) groups is 3. The molecule has 0 bridgehead atoms. The van der Waals surface area contributed by atoms with Gasteiger partial charge in [0.05, 0.1) is 10.6 Å². The smallest absolute Gasteiger partial charge is 0.322 e. The van der Waals surface area contributed by atoms with E-state index in [2.05, 4.69) is 20.9 Å². The molecule has 1 aliphatic heterocycles. The minimum atomic E-state index is -0.876. The number of nitrogens with zero attached hydrogens (tertiary/aromatic N) is 4. The van der Waals surface area contributed by atoms with Crippen LogP contribution in [0.15, 0.2) is 53.0 Å². The fourth-order valence-electron chi connectivity index (χ4n) is 4.24. The summed E-state index contributed by atoms with van der Waals surface area (Å²) >= 11 is 2.75. The van der Waals surface area contributed by atoms with E-state index in [0.717, 1.165) is 34.8 Å². The van der Waals surface area contributed by atoms with Crippen molar-refractivity contribution in [2.45, 2.75) is 42.8 Å². The average Bonchev–Trinajstić information content (AvgIpc) is 3.55. The molecule has 4 amide bonds. The Balaban J connectivity index is 1.30. The quantitative estimate of drug-likeness (QED) is 0.412. The van der Waals surface area contributed by atoms with Gasteiger partial charge < -0.3 is 5.32 Å². The van der Waals surface area contributed by atoms with Gasteiger partial charge in [-0.2, -0.15) is 5.01 Å². The standard InChI is InChI=1S/C22H22N6O3S2/c29-17(26-28-19(30)22(23-20(28)31)11-5-2-6-12-22)14-33-21-25-24-18(16-10-7-13-32-16)27(21)15-8-3-1-4-9-15/h1,3-4,7-10,13H,2,5-6,11-12,14H2,(H,23,31)(H,26,29). The lowest BCUT2D eigenvalue weighted by Crippen LogP contribution is -2.51. The number of aromatic nitrogens is 3. The van der Waals surface area contributed by atoms with Crippen LogP contribution in [0.1, 0.15) is 32.1 Å². The largest absolute Gasteiger partial charge is 0.344 e. The Kier molecular flexibility index (Phi) is 5.90. The zero-order chi connectivity index (χ0) is 22.8. The number of thioether (sulfide) groups is 1. The number of urea groups is 1. The van der Waals surface area contributed by atoms with Gasteiger partial charge >= 0.3 is 6.03 Å². The molecule has 3 aromatic rings. The second-order valence-corrected chi connectivity index (χ2v) is 9.88. The van der Waals surface area contributed by atoms with Gasteiger partial charge in [0.25, 0.3) is 5.91 Å². The Morgan fingerprint density at radius 1 is 1.09 bits per heavy atom. The normalized spacial score (nSPS) is 17.4. The number of hydrazine groups is 1. The van der Waals surface area contributed by atoms with E-state index in [1.165, 1.54) is 11.8 Å². The highest BCUT2D eigenvalue weighted by Crippen LogP contribution is 2.33. The van der Waals surface area contributed by atoms with Crippen LogP contribution in [0, 0.1) is 0 Å². The van der Waals surface area contributed by atoms with E-state index >= 15 is 0 Å². The predicted molar refractivity (Wildman–Crippen MR) is 125 cm³/mol. The van der Waals surface area contributed by atoms with E-state index in [9.17, 15) is 14.4 Å². The van der Waals surface area contributed by atoms with Gasteiger partial charge in [-0.1, -0.05) is 55.3 Å². The minimum absolute atomic E-state index is 0.0283. The van der Waals surface area contributed by atoms with Crippen molar-refractivity contribution in [1.29, 1.82) is 0 Å². The Morgan fingerprint density at radius 2 is 1.88 bits per heavy atom. The van der Waals surface area contributed by atoms with Crippen molar-refractivity contribution in [3.63, 3.8) is 0 Å². The zero-order valence-electron chi connectivity index (χ0n) is 17.7. The summed E-state index contributed by atoms with van der Waals surface area (Å²) in [4.78, 5) is 38.9. The van der Waals surface area contributed by atoms with E-state index < -0.39 is 17.5 Å². The fourth-order valence-corrected chi connectivity index (χ4v) is 5.68. The molecule has 0 unspecified atom stereocenters. The molecule has 33 heavy (non-hydrogen) atoms. The fraction of sp³-hybridized carbons (Fsp3) is 0.318. The third-order valence-corrected chi connectivity index (χ3v) is 7.62. The second kappa shape index (κ2) is 8.99. The highest BCUT2D eigenvalue weighted by molar-refractivity contribution is 7.99. The lowest BCUT2D eigenvalue weighted by atomic mass is 9.82. The molecule has 1 saturated heterocycles. The van der Waals surface area contributed by atoms with Crippen LogP contribution in [0.25, 0.3) is 16.4 Å². The molecule has 5 rings (SSSR count). The lowest BCUT2D eigenvalue weighted by molar-refractivity contribution is -0.139. The molecular weight excluding hydrogens is 460 g/mol. The summed E-state index contributed by atoms with van der Waals surface area (Å²) < 4.78 is 1.90. The second-order valence-electron chi connectivity index (χ2n) is 7.99. The SMILES string of the molecule is O=C(CSc1nnc(-c2cccs2)n1-c1ccccc1)NN1C(=O)NC2(CCCCC2)C1=O. The topological polar surface area (TPSA) is 109 Å². The summed E-state index contributed by atoms with van der Waals surface area (Å²) in [7, 11) is 0. The van der Waals surface area contributed by atoms with Crippen molar-refractivity contribution >= 4 is 40.9 Å². The monoisotopic (exact) mass is 482 g/mol. The van der Waals surface area contributed by atoms with Crippen LogP contribution >= 0.6 is 23.1 Å². The van der Waals surface area contributed by atoms with E-state index in [-0.39, 0.29) is 11.7 Å². The van der Waals surface area contributed by atoms with Crippen LogP contribution in [-0.4, -0.2) is 48.9 Å². The maximum absolute atomic E-state index is 12.9. The van der Waals surface area contributed by atoms with Gasteiger partial charge in [-0.05, 0) is 36.4 Å². The van der Waals surface area contributed by atoms with Gasteiger partial charge in [-0.25, -0.2) is 4.79 Å².